The molecule has 0 aromatic heterocycles. The fourth-order valence-electron chi connectivity index (χ4n) is 3.42. The molecule has 15 heavy (non-hydrogen) atoms. The summed E-state index contributed by atoms with van der Waals surface area (Å²) in [7, 11) is 0. The molecule has 2 saturated carbocycles. The van der Waals surface area contributed by atoms with Crippen LogP contribution < -0.4 is 5.32 Å². The van der Waals surface area contributed by atoms with Crippen LogP contribution >= 0.6 is 0 Å². The predicted molar refractivity (Wildman–Crippen MR) is 65.9 cm³/mol. The molecule has 2 aliphatic carbocycles. The van der Waals surface area contributed by atoms with E-state index in [0.29, 0.717) is 0 Å². The summed E-state index contributed by atoms with van der Waals surface area (Å²) in [4.78, 5) is 0. The summed E-state index contributed by atoms with van der Waals surface area (Å²) in [5.41, 5.74) is 0. The van der Waals surface area contributed by atoms with Crippen molar-refractivity contribution < 1.29 is 0 Å². The first kappa shape index (κ1) is 11.4. The summed E-state index contributed by atoms with van der Waals surface area (Å²) in [5.74, 6) is 2.99. The normalized spacial score (nSPS) is 34.8. The lowest BCUT2D eigenvalue weighted by atomic mass is 9.88. The van der Waals surface area contributed by atoms with E-state index in [0.717, 1.165) is 30.3 Å². The molecule has 2 fully saturated rings. The summed E-state index contributed by atoms with van der Waals surface area (Å²) >= 11 is 0. The van der Waals surface area contributed by atoms with Crippen molar-refractivity contribution in [1.82, 2.24) is 5.32 Å². The molecule has 88 valence electrons. The molecule has 0 aromatic carbocycles. The first-order chi connectivity index (χ1) is 7.33. The third-order valence-corrected chi connectivity index (χ3v) is 4.48. The number of hydrogen-bond acceptors (Lipinski definition) is 1. The molecular formula is C14H27N. The van der Waals surface area contributed by atoms with Gasteiger partial charge in [-0.3, -0.25) is 0 Å². The Kier molecular flexibility index (Phi) is 4.07. The van der Waals surface area contributed by atoms with Gasteiger partial charge in [0.2, 0.25) is 0 Å². The predicted octanol–water partition coefficient (Wildman–Crippen LogP) is 3.59. The highest BCUT2D eigenvalue weighted by Gasteiger charge is 2.42. The summed E-state index contributed by atoms with van der Waals surface area (Å²) in [6, 6.07) is 0.850. The van der Waals surface area contributed by atoms with Crippen LogP contribution in [0.5, 0.6) is 0 Å². The topological polar surface area (TPSA) is 12.0 Å². The Labute approximate surface area is 95.0 Å². The van der Waals surface area contributed by atoms with Crippen molar-refractivity contribution in [3.05, 3.63) is 0 Å². The third kappa shape index (κ3) is 2.96. The first-order valence-corrected chi connectivity index (χ1v) is 7.06. The molecule has 1 N–H and O–H groups in total. The van der Waals surface area contributed by atoms with E-state index >= 15 is 0 Å². The van der Waals surface area contributed by atoms with Gasteiger partial charge in [-0.15, -0.1) is 0 Å². The van der Waals surface area contributed by atoms with Crippen molar-refractivity contribution in [3.63, 3.8) is 0 Å². The zero-order valence-electron chi connectivity index (χ0n) is 10.5. The molecule has 0 radical (unpaired) electrons. The Bertz CT molecular complexity index is 182. The maximum Gasteiger partial charge on any atom is 0.0126 e. The first-order valence-electron chi connectivity index (χ1n) is 7.06. The van der Waals surface area contributed by atoms with Crippen LogP contribution in [0.4, 0.5) is 0 Å². The average Bonchev–Trinajstić information content (AvgIpc) is 2.98. The number of rotatable bonds is 4. The molecule has 0 saturated heterocycles. The molecule has 2 rings (SSSR count). The molecule has 0 spiro atoms. The number of hydrogen-bond donors (Lipinski definition) is 1. The Balaban J connectivity index is 1.90. The van der Waals surface area contributed by atoms with Gasteiger partial charge in [-0.1, -0.05) is 39.5 Å². The third-order valence-electron chi connectivity index (χ3n) is 4.48. The van der Waals surface area contributed by atoms with Gasteiger partial charge in [0.05, 0.1) is 0 Å². The second-order valence-corrected chi connectivity index (χ2v) is 5.71. The Hall–Kier alpha value is -0.0400. The lowest BCUT2D eigenvalue weighted by Crippen LogP contribution is -2.38. The van der Waals surface area contributed by atoms with Crippen LogP contribution in [0, 0.1) is 17.8 Å². The van der Waals surface area contributed by atoms with Crippen LogP contribution in [0.1, 0.15) is 58.8 Å². The molecular weight excluding hydrogens is 182 g/mol. The zero-order valence-corrected chi connectivity index (χ0v) is 10.5. The van der Waals surface area contributed by atoms with Gasteiger partial charge in [-0.2, -0.15) is 0 Å². The van der Waals surface area contributed by atoms with Crippen molar-refractivity contribution in [2.45, 2.75) is 64.8 Å². The fourth-order valence-corrected chi connectivity index (χ4v) is 3.42. The molecule has 2 aliphatic rings. The molecule has 0 amide bonds. The highest BCUT2D eigenvalue weighted by molar-refractivity contribution is 4.95. The van der Waals surface area contributed by atoms with Crippen LogP contribution in [0.25, 0.3) is 0 Å². The smallest absolute Gasteiger partial charge is 0.0126 e. The molecule has 3 atom stereocenters. The summed E-state index contributed by atoms with van der Waals surface area (Å²) < 4.78 is 0. The lowest BCUT2D eigenvalue weighted by Gasteiger charge is -2.27. The van der Waals surface area contributed by atoms with Gasteiger partial charge in [0.1, 0.15) is 0 Å². The Morgan fingerprint density at radius 2 is 1.73 bits per heavy atom. The molecule has 0 aliphatic heterocycles. The van der Waals surface area contributed by atoms with Crippen molar-refractivity contribution in [1.29, 1.82) is 0 Å². The standard InChI is InChI=1S/C14H27N/c1-3-15-14(13-10-11(13)2)12-8-6-4-5-7-9-12/h11-15H,3-10H2,1-2H3. The second-order valence-electron chi connectivity index (χ2n) is 5.71. The van der Waals surface area contributed by atoms with Gasteiger partial charge in [0, 0.05) is 6.04 Å². The summed E-state index contributed by atoms with van der Waals surface area (Å²) in [5, 5.41) is 3.77. The summed E-state index contributed by atoms with van der Waals surface area (Å²) in [6.45, 7) is 5.84. The summed E-state index contributed by atoms with van der Waals surface area (Å²) in [6.07, 6.45) is 10.4. The molecule has 0 aromatic rings. The monoisotopic (exact) mass is 209 g/mol. The van der Waals surface area contributed by atoms with E-state index < -0.39 is 0 Å². The highest BCUT2D eigenvalue weighted by Crippen LogP contribution is 2.45. The largest absolute Gasteiger partial charge is 0.314 e. The van der Waals surface area contributed by atoms with Gasteiger partial charge in [-0.25, -0.2) is 0 Å². The van der Waals surface area contributed by atoms with Crippen molar-refractivity contribution in [3.8, 4) is 0 Å². The zero-order chi connectivity index (χ0) is 10.7. The maximum atomic E-state index is 3.77. The van der Waals surface area contributed by atoms with Gasteiger partial charge in [0.15, 0.2) is 0 Å². The minimum atomic E-state index is 0.850. The molecule has 0 heterocycles. The highest BCUT2D eigenvalue weighted by atomic mass is 14.9. The van der Waals surface area contributed by atoms with Gasteiger partial charge in [0.25, 0.3) is 0 Å². The quantitative estimate of drug-likeness (QED) is 0.698. The van der Waals surface area contributed by atoms with E-state index in [1.54, 1.807) is 0 Å². The SMILES string of the molecule is CCNC(C1CCCCCC1)C1CC1C. The van der Waals surface area contributed by atoms with Crippen LogP contribution in [-0.2, 0) is 0 Å². The second kappa shape index (κ2) is 5.34. The van der Waals surface area contributed by atoms with Crippen molar-refractivity contribution >= 4 is 0 Å². The van der Waals surface area contributed by atoms with E-state index in [4.69, 9.17) is 0 Å². The Morgan fingerprint density at radius 1 is 1.13 bits per heavy atom. The van der Waals surface area contributed by atoms with Crippen LogP contribution in [0.2, 0.25) is 0 Å². The van der Waals surface area contributed by atoms with E-state index in [2.05, 4.69) is 19.2 Å². The van der Waals surface area contributed by atoms with Crippen LogP contribution in [0.15, 0.2) is 0 Å². The van der Waals surface area contributed by atoms with E-state index in [-0.39, 0.29) is 0 Å². The van der Waals surface area contributed by atoms with Crippen LogP contribution in [-0.4, -0.2) is 12.6 Å². The minimum Gasteiger partial charge on any atom is -0.314 e. The van der Waals surface area contributed by atoms with Crippen LogP contribution in [0.3, 0.4) is 0 Å². The molecule has 0 bridgehead atoms. The van der Waals surface area contributed by atoms with Gasteiger partial charge < -0.3 is 5.32 Å². The lowest BCUT2D eigenvalue weighted by molar-refractivity contribution is 0.288. The van der Waals surface area contributed by atoms with Crippen molar-refractivity contribution in [2.24, 2.45) is 17.8 Å². The molecule has 1 heteroatoms. The van der Waals surface area contributed by atoms with Gasteiger partial charge in [-0.05, 0) is 43.6 Å². The molecule has 1 nitrogen and oxygen atoms in total. The molecule has 3 unspecified atom stereocenters. The Morgan fingerprint density at radius 3 is 2.20 bits per heavy atom. The minimum absolute atomic E-state index is 0.850. The van der Waals surface area contributed by atoms with E-state index in [9.17, 15) is 0 Å². The maximum absolute atomic E-state index is 3.77. The van der Waals surface area contributed by atoms with Crippen molar-refractivity contribution in [2.75, 3.05) is 6.54 Å². The number of nitrogens with one attached hydrogen (secondary N) is 1. The average molecular weight is 209 g/mol. The van der Waals surface area contributed by atoms with E-state index in [1.807, 2.05) is 0 Å². The fraction of sp³-hybridized carbons (Fsp3) is 1.00. The van der Waals surface area contributed by atoms with Gasteiger partial charge >= 0.3 is 0 Å². The van der Waals surface area contributed by atoms with E-state index in [1.165, 1.54) is 44.9 Å².